The van der Waals surface area contributed by atoms with Gasteiger partial charge in [-0.2, -0.15) is 0 Å². The second kappa shape index (κ2) is 5.98. The van der Waals surface area contributed by atoms with Gasteiger partial charge in [0.25, 0.3) is 0 Å². The quantitative estimate of drug-likeness (QED) is 0.760. The highest BCUT2D eigenvalue weighted by molar-refractivity contribution is 5.74. The van der Waals surface area contributed by atoms with Crippen LogP contribution in [-0.4, -0.2) is 43.3 Å². The molecule has 1 aromatic carbocycles. The van der Waals surface area contributed by atoms with Crippen LogP contribution < -0.4 is 0 Å². The fourth-order valence-electron chi connectivity index (χ4n) is 2.12. The summed E-state index contributed by atoms with van der Waals surface area (Å²) in [7, 11) is 1.39. The summed E-state index contributed by atoms with van der Waals surface area (Å²) in [5.41, 5.74) is 1.25. The van der Waals surface area contributed by atoms with Gasteiger partial charge < -0.3 is 9.47 Å². The molecule has 1 saturated heterocycles. The van der Waals surface area contributed by atoms with Crippen molar-refractivity contribution < 1.29 is 14.3 Å². The Morgan fingerprint density at radius 1 is 1.44 bits per heavy atom. The third-order valence-corrected chi connectivity index (χ3v) is 3.25. The number of hydrogen-bond acceptors (Lipinski definition) is 4. The number of rotatable bonds is 3. The van der Waals surface area contributed by atoms with E-state index in [1.807, 2.05) is 18.2 Å². The smallest absolute Gasteiger partial charge is 0.336 e. The molecule has 1 aromatic rings. The van der Waals surface area contributed by atoms with Gasteiger partial charge in [-0.05, 0) is 12.5 Å². The molecular formula is C14H19NO3. The van der Waals surface area contributed by atoms with Crippen LogP contribution in [0.5, 0.6) is 0 Å². The minimum atomic E-state index is -0.463. The molecule has 18 heavy (non-hydrogen) atoms. The second-order valence-corrected chi connectivity index (χ2v) is 4.61. The van der Waals surface area contributed by atoms with E-state index in [4.69, 9.17) is 9.47 Å². The average Bonchev–Trinajstić information content (AvgIpc) is 2.41. The van der Waals surface area contributed by atoms with E-state index in [1.54, 1.807) is 0 Å². The van der Waals surface area contributed by atoms with E-state index in [0.717, 1.165) is 6.54 Å². The van der Waals surface area contributed by atoms with Gasteiger partial charge in [-0.1, -0.05) is 30.3 Å². The molecule has 0 radical (unpaired) electrons. The Morgan fingerprint density at radius 2 is 2.17 bits per heavy atom. The lowest BCUT2D eigenvalue weighted by atomic mass is 10.1. The Bertz CT molecular complexity index is 393. The number of hydrogen-bond donors (Lipinski definition) is 0. The van der Waals surface area contributed by atoms with Crippen molar-refractivity contribution in [2.24, 2.45) is 0 Å². The van der Waals surface area contributed by atoms with E-state index in [-0.39, 0.29) is 5.97 Å². The Kier molecular flexibility index (Phi) is 4.33. The predicted molar refractivity (Wildman–Crippen MR) is 68.1 cm³/mol. The van der Waals surface area contributed by atoms with Crippen LogP contribution in [0, 0.1) is 0 Å². The van der Waals surface area contributed by atoms with E-state index in [0.29, 0.717) is 19.2 Å². The van der Waals surface area contributed by atoms with E-state index in [2.05, 4.69) is 24.0 Å². The van der Waals surface area contributed by atoms with Crippen molar-refractivity contribution in [2.75, 3.05) is 20.3 Å². The van der Waals surface area contributed by atoms with Crippen molar-refractivity contribution in [3.05, 3.63) is 35.9 Å². The summed E-state index contributed by atoms with van der Waals surface area (Å²) in [4.78, 5) is 13.7. The summed E-state index contributed by atoms with van der Waals surface area (Å²) in [6, 6.07) is 10.6. The summed E-state index contributed by atoms with van der Waals surface area (Å²) in [6.45, 7) is 4.09. The Labute approximate surface area is 107 Å². The molecule has 0 amide bonds. The summed E-state index contributed by atoms with van der Waals surface area (Å²) in [5.74, 6) is -0.292. The zero-order chi connectivity index (χ0) is 13.0. The van der Waals surface area contributed by atoms with Gasteiger partial charge >= 0.3 is 5.97 Å². The third kappa shape index (κ3) is 3.09. The Balaban J connectivity index is 2.00. The van der Waals surface area contributed by atoms with E-state index < -0.39 is 6.10 Å². The monoisotopic (exact) mass is 249 g/mol. The zero-order valence-electron chi connectivity index (χ0n) is 10.8. The normalized spacial score (nSPS) is 24.8. The number of nitrogens with zero attached hydrogens (tertiary/aromatic N) is 1. The highest BCUT2D eigenvalue weighted by atomic mass is 16.6. The number of methoxy groups -OCH3 is 1. The Morgan fingerprint density at radius 3 is 2.83 bits per heavy atom. The van der Waals surface area contributed by atoms with Gasteiger partial charge in [0.05, 0.1) is 13.7 Å². The maximum absolute atomic E-state index is 11.5. The van der Waals surface area contributed by atoms with E-state index in [1.165, 1.54) is 12.7 Å². The highest BCUT2D eigenvalue weighted by Crippen LogP contribution is 2.16. The van der Waals surface area contributed by atoms with E-state index >= 15 is 0 Å². The number of ether oxygens (including phenoxy) is 2. The maximum Gasteiger partial charge on any atom is 0.336 e. The molecule has 4 heteroatoms. The van der Waals surface area contributed by atoms with Crippen LogP contribution in [0.15, 0.2) is 30.3 Å². The lowest BCUT2D eigenvalue weighted by Crippen LogP contribution is -2.50. The molecule has 2 atom stereocenters. The van der Waals surface area contributed by atoms with Crippen molar-refractivity contribution >= 4 is 5.97 Å². The molecule has 1 fully saturated rings. The van der Waals surface area contributed by atoms with Gasteiger partial charge in [-0.25, -0.2) is 4.79 Å². The molecule has 1 heterocycles. The molecule has 0 N–H and O–H groups in total. The fourth-order valence-corrected chi connectivity index (χ4v) is 2.12. The van der Waals surface area contributed by atoms with Gasteiger partial charge in [-0.3, -0.25) is 4.90 Å². The van der Waals surface area contributed by atoms with Crippen LogP contribution in [0.3, 0.4) is 0 Å². The van der Waals surface area contributed by atoms with Crippen molar-refractivity contribution in [2.45, 2.75) is 25.6 Å². The summed E-state index contributed by atoms with van der Waals surface area (Å²) >= 11 is 0. The molecule has 4 nitrogen and oxygen atoms in total. The standard InChI is InChI=1S/C14H19NO3/c1-11-10-18-13(14(16)17-2)9-15(11)8-12-6-4-3-5-7-12/h3-7,11,13H,8-10H2,1-2H3/t11-,13+/m0/s1. The summed E-state index contributed by atoms with van der Waals surface area (Å²) in [5, 5.41) is 0. The van der Waals surface area contributed by atoms with E-state index in [9.17, 15) is 4.79 Å². The molecule has 0 unspecified atom stereocenters. The minimum absolute atomic E-state index is 0.292. The molecule has 1 aliphatic heterocycles. The third-order valence-electron chi connectivity index (χ3n) is 3.25. The molecule has 1 aliphatic rings. The topological polar surface area (TPSA) is 38.8 Å². The number of esters is 1. The maximum atomic E-state index is 11.5. The molecule has 98 valence electrons. The van der Waals surface area contributed by atoms with Gasteiger partial charge in [0, 0.05) is 19.1 Å². The van der Waals surface area contributed by atoms with Gasteiger partial charge in [0.2, 0.25) is 0 Å². The number of benzene rings is 1. The second-order valence-electron chi connectivity index (χ2n) is 4.61. The number of carbonyl (C=O) groups is 1. The van der Waals surface area contributed by atoms with Gasteiger partial charge in [-0.15, -0.1) is 0 Å². The van der Waals surface area contributed by atoms with Crippen LogP contribution in [0.2, 0.25) is 0 Å². The predicted octanol–water partition coefficient (Wildman–Crippen LogP) is 1.45. The number of carbonyl (C=O) groups excluding carboxylic acids is 1. The largest absolute Gasteiger partial charge is 0.467 e. The first-order valence-corrected chi connectivity index (χ1v) is 6.18. The van der Waals surface area contributed by atoms with Crippen molar-refractivity contribution in [1.29, 1.82) is 0 Å². The van der Waals surface area contributed by atoms with Crippen LogP contribution in [0.25, 0.3) is 0 Å². The average molecular weight is 249 g/mol. The molecule has 0 aromatic heterocycles. The number of morpholine rings is 1. The van der Waals surface area contributed by atoms with Crippen LogP contribution in [0.1, 0.15) is 12.5 Å². The first kappa shape index (κ1) is 13.1. The molecule has 0 saturated carbocycles. The summed E-state index contributed by atoms with van der Waals surface area (Å²) < 4.78 is 10.2. The lowest BCUT2D eigenvalue weighted by molar-refractivity contribution is -0.163. The van der Waals surface area contributed by atoms with Crippen LogP contribution in [-0.2, 0) is 20.8 Å². The Hall–Kier alpha value is -1.39. The zero-order valence-corrected chi connectivity index (χ0v) is 10.8. The fraction of sp³-hybridized carbons (Fsp3) is 0.500. The molecule has 2 rings (SSSR count). The molecule has 0 bridgehead atoms. The minimum Gasteiger partial charge on any atom is -0.467 e. The van der Waals surface area contributed by atoms with Gasteiger partial charge in [0.1, 0.15) is 0 Å². The highest BCUT2D eigenvalue weighted by Gasteiger charge is 2.31. The summed E-state index contributed by atoms with van der Waals surface area (Å²) in [6.07, 6.45) is -0.463. The lowest BCUT2D eigenvalue weighted by Gasteiger charge is -2.36. The van der Waals surface area contributed by atoms with Gasteiger partial charge in [0.15, 0.2) is 6.10 Å². The van der Waals surface area contributed by atoms with Crippen LogP contribution in [0.4, 0.5) is 0 Å². The first-order valence-electron chi connectivity index (χ1n) is 6.18. The first-order chi connectivity index (χ1) is 8.70. The van der Waals surface area contributed by atoms with Crippen molar-refractivity contribution in [1.82, 2.24) is 4.90 Å². The SMILES string of the molecule is COC(=O)[C@H]1CN(Cc2ccccc2)[C@@H](C)CO1. The molecule has 0 aliphatic carbocycles. The van der Waals surface area contributed by atoms with Crippen molar-refractivity contribution in [3.63, 3.8) is 0 Å². The molecule has 0 spiro atoms. The van der Waals surface area contributed by atoms with Crippen LogP contribution >= 0.6 is 0 Å². The van der Waals surface area contributed by atoms with Crippen molar-refractivity contribution in [3.8, 4) is 0 Å². The molecular weight excluding hydrogens is 230 g/mol.